The predicted molar refractivity (Wildman–Crippen MR) is 136 cm³/mol. The highest BCUT2D eigenvalue weighted by Crippen LogP contribution is 2.18. The second kappa shape index (κ2) is 15.0. The van der Waals surface area contributed by atoms with E-state index in [4.69, 9.17) is 9.47 Å². The second-order valence-corrected chi connectivity index (χ2v) is 9.60. The van der Waals surface area contributed by atoms with Crippen LogP contribution < -0.4 is 0 Å². The van der Waals surface area contributed by atoms with Crippen LogP contribution in [0.2, 0.25) is 0 Å². The maximum absolute atomic E-state index is 13.4. The van der Waals surface area contributed by atoms with Crippen molar-refractivity contribution in [2.75, 3.05) is 40.0 Å². The van der Waals surface area contributed by atoms with Gasteiger partial charge in [0.05, 0.1) is 6.61 Å². The summed E-state index contributed by atoms with van der Waals surface area (Å²) in [4.78, 5) is 29.5. The molecule has 4 atom stereocenters. The topological polar surface area (TPSA) is 99.5 Å². The first-order chi connectivity index (χ1) is 16.7. The Morgan fingerprint density at radius 2 is 1.89 bits per heavy atom. The number of aliphatic hydroxyl groups excluding tert-OH is 2. The Kier molecular flexibility index (Phi) is 12.4. The minimum atomic E-state index is -1.21. The van der Waals surface area contributed by atoms with Gasteiger partial charge in [-0.15, -0.1) is 0 Å². The lowest BCUT2D eigenvalue weighted by atomic mass is 10.00. The van der Waals surface area contributed by atoms with Crippen LogP contribution in [0.5, 0.6) is 0 Å². The number of nitrogens with zero attached hydrogens (tertiary/aromatic N) is 2. The third-order valence-electron chi connectivity index (χ3n) is 6.27. The van der Waals surface area contributed by atoms with Crippen LogP contribution in [-0.4, -0.2) is 96.1 Å². The van der Waals surface area contributed by atoms with Crippen molar-refractivity contribution < 1.29 is 29.3 Å². The summed E-state index contributed by atoms with van der Waals surface area (Å²) in [6.45, 7) is 6.99. The third-order valence-corrected chi connectivity index (χ3v) is 6.27. The lowest BCUT2D eigenvalue weighted by molar-refractivity contribution is -0.140. The Labute approximate surface area is 209 Å². The molecule has 2 rings (SSSR count). The van der Waals surface area contributed by atoms with Gasteiger partial charge in [-0.3, -0.25) is 9.59 Å². The molecule has 8 nitrogen and oxygen atoms in total. The van der Waals surface area contributed by atoms with Gasteiger partial charge in [-0.2, -0.15) is 0 Å². The Balaban J connectivity index is 2.34. The Morgan fingerprint density at radius 3 is 2.51 bits per heavy atom. The highest BCUT2D eigenvalue weighted by molar-refractivity contribution is 5.92. The maximum Gasteiger partial charge on any atom is 0.246 e. The van der Waals surface area contributed by atoms with Crippen molar-refractivity contribution in [2.45, 2.75) is 64.4 Å². The molecule has 1 aliphatic heterocycles. The van der Waals surface area contributed by atoms with Crippen molar-refractivity contribution in [1.82, 2.24) is 9.80 Å². The number of aliphatic hydroxyl groups is 2. The molecule has 2 N–H and O–H groups in total. The molecule has 1 fully saturated rings. The summed E-state index contributed by atoms with van der Waals surface area (Å²) in [7, 11) is 1.44. The van der Waals surface area contributed by atoms with Crippen LogP contribution in [0.4, 0.5) is 0 Å². The van der Waals surface area contributed by atoms with Gasteiger partial charge in [0.1, 0.15) is 18.3 Å². The van der Waals surface area contributed by atoms with Crippen molar-refractivity contribution in [2.24, 2.45) is 5.92 Å². The maximum atomic E-state index is 13.4. The Bertz CT molecular complexity index is 800. The van der Waals surface area contributed by atoms with Crippen LogP contribution in [0.25, 0.3) is 6.08 Å². The quantitative estimate of drug-likeness (QED) is 0.615. The molecular weight excluding hydrogens is 448 g/mol. The van der Waals surface area contributed by atoms with E-state index in [0.29, 0.717) is 38.5 Å². The molecule has 196 valence electrons. The van der Waals surface area contributed by atoms with Crippen LogP contribution in [0.1, 0.15) is 45.6 Å². The Morgan fingerprint density at radius 1 is 1.17 bits per heavy atom. The second-order valence-electron chi connectivity index (χ2n) is 9.60. The monoisotopic (exact) mass is 490 g/mol. The summed E-state index contributed by atoms with van der Waals surface area (Å²) >= 11 is 0. The van der Waals surface area contributed by atoms with Crippen molar-refractivity contribution in [3.63, 3.8) is 0 Å². The standard InChI is InChI=1S/C27H42N2O6/c1-20(2)16-23-17-28(21(3)30)18-25(34-4)27(33)24(31)19-35-15-9-8-14-29(23)26(32)13-12-22-10-6-5-7-11-22/h5-7,10-13,20,23-25,27,31,33H,8-9,14-19H2,1-4H3/t23-,24+,25+,27+/m0/s1. The molecule has 1 aromatic rings. The summed E-state index contributed by atoms with van der Waals surface area (Å²) in [5.41, 5.74) is 0.942. The minimum Gasteiger partial charge on any atom is -0.388 e. The molecule has 0 saturated carbocycles. The first kappa shape index (κ1) is 29.0. The van der Waals surface area contributed by atoms with Crippen molar-refractivity contribution in [1.29, 1.82) is 0 Å². The van der Waals surface area contributed by atoms with Crippen LogP contribution in [0.3, 0.4) is 0 Å². The molecule has 0 aliphatic carbocycles. The number of hydrogen-bond donors (Lipinski definition) is 2. The van der Waals surface area contributed by atoms with E-state index >= 15 is 0 Å². The molecule has 0 spiro atoms. The van der Waals surface area contributed by atoms with Gasteiger partial charge in [-0.1, -0.05) is 44.2 Å². The molecule has 35 heavy (non-hydrogen) atoms. The van der Waals surface area contributed by atoms with E-state index in [9.17, 15) is 19.8 Å². The van der Waals surface area contributed by atoms with E-state index in [-0.39, 0.29) is 31.0 Å². The van der Waals surface area contributed by atoms with E-state index < -0.39 is 18.3 Å². The normalized spacial score (nSPS) is 25.6. The molecule has 1 saturated heterocycles. The van der Waals surface area contributed by atoms with Crippen LogP contribution in [-0.2, 0) is 19.1 Å². The minimum absolute atomic E-state index is 0.0282. The largest absolute Gasteiger partial charge is 0.388 e. The summed E-state index contributed by atoms with van der Waals surface area (Å²) < 4.78 is 11.0. The first-order valence-electron chi connectivity index (χ1n) is 12.5. The van der Waals surface area contributed by atoms with Gasteiger partial charge in [0.15, 0.2) is 0 Å². The number of methoxy groups -OCH3 is 1. The third kappa shape index (κ3) is 9.72. The predicted octanol–water partition coefficient (Wildman–Crippen LogP) is 2.34. The summed E-state index contributed by atoms with van der Waals surface area (Å²) in [5.74, 6) is 0.0166. The number of carbonyl (C=O) groups excluding carboxylic acids is 2. The molecule has 0 unspecified atom stereocenters. The van der Waals surface area contributed by atoms with E-state index in [1.54, 1.807) is 11.0 Å². The van der Waals surface area contributed by atoms with Crippen molar-refractivity contribution >= 4 is 17.9 Å². The fraction of sp³-hybridized carbons (Fsp3) is 0.630. The zero-order valence-corrected chi connectivity index (χ0v) is 21.5. The highest BCUT2D eigenvalue weighted by Gasteiger charge is 2.32. The smallest absolute Gasteiger partial charge is 0.246 e. The van der Waals surface area contributed by atoms with Crippen LogP contribution in [0, 0.1) is 5.92 Å². The summed E-state index contributed by atoms with van der Waals surface area (Å²) in [5, 5.41) is 20.9. The Hall–Kier alpha value is -2.26. The first-order valence-corrected chi connectivity index (χ1v) is 12.5. The van der Waals surface area contributed by atoms with Crippen molar-refractivity contribution in [3.05, 3.63) is 42.0 Å². The van der Waals surface area contributed by atoms with Gasteiger partial charge < -0.3 is 29.5 Å². The number of rotatable bonds is 5. The molecule has 1 aliphatic rings. The fourth-order valence-corrected chi connectivity index (χ4v) is 4.31. The van der Waals surface area contributed by atoms with Gasteiger partial charge in [-0.25, -0.2) is 0 Å². The number of amides is 2. The van der Waals surface area contributed by atoms with Gasteiger partial charge in [0, 0.05) is 52.4 Å². The fourth-order valence-electron chi connectivity index (χ4n) is 4.31. The molecular formula is C27H42N2O6. The number of benzene rings is 1. The van der Waals surface area contributed by atoms with Gasteiger partial charge >= 0.3 is 0 Å². The highest BCUT2D eigenvalue weighted by atomic mass is 16.5. The lowest BCUT2D eigenvalue weighted by Crippen LogP contribution is -2.53. The van der Waals surface area contributed by atoms with Crippen molar-refractivity contribution in [3.8, 4) is 0 Å². The zero-order chi connectivity index (χ0) is 25.8. The van der Waals surface area contributed by atoms with Gasteiger partial charge in [0.2, 0.25) is 11.8 Å². The molecule has 8 heteroatoms. The molecule has 0 aromatic heterocycles. The number of hydrogen-bond acceptors (Lipinski definition) is 6. The molecule has 2 amide bonds. The van der Waals surface area contributed by atoms with E-state index in [2.05, 4.69) is 13.8 Å². The SMILES string of the molecule is CO[C@@H]1CN(C(C)=O)C[C@H](CC(C)C)N(C(=O)C=Cc2ccccc2)CCCCOC[C@@H](O)[C@H]1O. The van der Waals surface area contributed by atoms with Gasteiger partial charge in [0.25, 0.3) is 0 Å². The molecule has 1 aromatic carbocycles. The van der Waals surface area contributed by atoms with Crippen LogP contribution in [0.15, 0.2) is 36.4 Å². The van der Waals surface area contributed by atoms with E-state index in [0.717, 1.165) is 12.0 Å². The number of ether oxygens (including phenoxy) is 2. The summed E-state index contributed by atoms with van der Waals surface area (Å²) in [6, 6.07) is 9.46. The average Bonchev–Trinajstić information content (AvgIpc) is 2.83. The number of carbonyl (C=O) groups is 2. The molecule has 0 bridgehead atoms. The summed E-state index contributed by atoms with van der Waals surface area (Å²) in [6.07, 6.45) is 2.43. The van der Waals surface area contributed by atoms with E-state index in [1.807, 2.05) is 41.3 Å². The molecule has 1 heterocycles. The van der Waals surface area contributed by atoms with Crippen LogP contribution >= 0.6 is 0 Å². The van der Waals surface area contributed by atoms with Gasteiger partial charge in [-0.05, 0) is 36.8 Å². The van der Waals surface area contributed by atoms with E-state index in [1.165, 1.54) is 14.0 Å². The lowest BCUT2D eigenvalue weighted by Gasteiger charge is -2.38. The average molecular weight is 491 g/mol. The molecule has 0 radical (unpaired) electrons. The zero-order valence-electron chi connectivity index (χ0n) is 21.5.